The maximum Gasteiger partial charge on any atom is 0.321 e. The lowest BCUT2D eigenvalue weighted by Gasteiger charge is -2.31. The summed E-state index contributed by atoms with van der Waals surface area (Å²) >= 11 is 0. The van der Waals surface area contributed by atoms with Gasteiger partial charge in [-0.05, 0) is 12.8 Å². The quantitative estimate of drug-likeness (QED) is 0.618. The number of piperazine rings is 1. The molecule has 7 heteroatoms. The molecule has 22 heavy (non-hydrogen) atoms. The molecule has 2 rings (SSSR count). The Kier molecular flexibility index (Phi) is 6.18. The molecule has 1 aliphatic heterocycles. The molecule has 2 aliphatic rings. The molecule has 1 heterocycles. The van der Waals surface area contributed by atoms with Crippen LogP contribution >= 0.6 is 0 Å². The number of hydrogen-bond donors (Lipinski definition) is 3. The lowest BCUT2D eigenvalue weighted by Crippen LogP contribution is -3.15. The Balaban J connectivity index is 1.65. The summed E-state index contributed by atoms with van der Waals surface area (Å²) in [7, 11) is 0. The van der Waals surface area contributed by atoms with Crippen LogP contribution in [-0.2, 0) is 9.59 Å². The SMILES string of the molecule is CC(=O)N1CC[NH+](CC(=O)NC(=O)NC2CCCCC2)CC1. The fourth-order valence-corrected chi connectivity index (χ4v) is 3.18. The Morgan fingerprint density at radius 2 is 1.73 bits per heavy atom. The number of carbonyl (C=O) groups is 3. The molecular weight excluding hydrogens is 284 g/mol. The molecule has 1 saturated carbocycles. The molecule has 0 radical (unpaired) electrons. The minimum atomic E-state index is -0.376. The van der Waals surface area contributed by atoms with E-state index in [-0.39, 0.29) is 30.4 Å². The van der Waals surface area contributed by atoms with Gasteiger partial charge in [-0.3, -0.25) is 14.9 Å². The van der Waals surface area contributed by atoms with Crippen molar-refractivity contribution in [3.63, 3.8) is 0 Å². The number of carbonyl (C=O) groups excluding carboxylic acids is 3. The van der Waals surface area contributed by atoms with Crippen molar-refractivity contribution in [3.05, 3.63) is 0 Å². The fourth-order valence-electron chi connectivity index (χ4n) is 3.18. The molecular formula is C15H27N4O3+. The first kappa shape index (κ1) is 16.7. The summed E-state index contributed by atoms with van der Waals surface area (Å²) in [5.41, 5.74) is 0. The van der Waals surface area contributed by atoms with E-state index >= 15 is 0 Å². The first-order valence-corrected chi connectivity index (χ1v) is 8.24. The summed E-state index contributed by atoms with van der Waals surface area (Å²) in [6.45, 7) is 4.68. The van der Waals surface area contributed by atoms with E-state index in [1.807, 2.05) is 0 Å². The lowest BCUT2D eigenvalue weighted by molar-refractivity contribution is -0.896. The number of rotatable bonds is 3. The summed E-state index contributed by atoms with van der Waals surface area (Å²) in [5.74, 6) is -0.171. The molecule has 0 aromatic heterocycles. The number of quaternary nitrogens is 1. The first-order chi connectivity index (χ1) is 10.5. The first-order valence-electron chi connectivity index (χ1n) is 8.24. The molecule has 0 aromatic carbocycles. The van der Waals surface area contributed by atoms with Gasteiger partial charge in [0.15, 0.2) is 6.54 Å². The van der Waals surface area contributed by atoms with E-state index in [4.69, 9.17) is 0 Å². The van der Waals surface area contributed by atoms with Crippen molar-refractivity contribution in [1.82, 2.24) is 15.5 Å². The zero-order chi connectivity index (χ0) is 15.9. The molecule has 0 aromatic rings. The monoisotopic (exact) mass is 311 g/mol. The third-order valence-electron chi connectivity index (χ3n) is 4.52. The van der Waals surface area contributed by atoms with Crippen LogP contribution in [0.1, 0.15) is 39.0 Å². The highest BCUT2D eigenvalue weighted by Gasteiger charge is 2.24. The van der Waals surface area contributed by atoms with Crippen molar-refractivity contribution >= 4 is 17.8 Å². The Bertz CT molecular complexity index is 413. The molecule has 7 nitrogen and oxygen atoms in total. The Hall–Kier alpha value is -1.63. The minimum absolute atomic E-state index is 0.0790. The summed E-state index contributed by atoms with van der Waals surface area (Å²) in [6, 6.07) is -0.174. The second kappa shape index (κ2) is 8.12. The van der Waals surface area contributed by atoms with Gasteiger partial charge in [0.1, 0.15) is 0 Å². The van der Waals surface area contributed by atoms with E-state index < -0.39 is 0 Å². The minimum Gasteiger partial charge on any atom is -0.335 e. The van der Waals surface area contributed by atoms with Crippen molar-refractivity contribution < 1.29 is 19.3 Å². The van der Waals surface area contributed by atoms with Gasteiger partial charge < -0.3 is 15.1 Å². The molecule has 3 N–H and O–H groups in total. The van der Waals surface area contributed by atoms with Crippen LogP contribution in [0.4, 0.5) is 4.79 Å². The van der Waals surface area contributed by atoms with Gasteiger partial charge in [-0.15, -0.1) is 0 Å². The van der Waals surface area contributed by atoms with Crippen molar-refractivity contribution in [1.29, 1.82) is 0 Å². The topological polar surface area (TPSA) is 83.0 Å². The highest BCUT2D eigenvalue weighted by molar-refractivity contribution is 5.94. The molecule has 0 atom stereocenters. The van der Waals surface area contributed by atoms with Gasteiger partial charge >= 0.3 is 6.03 Å². The summed E-state index contributed by atoms with van der Waals surface area (Å²) in [5, 5.41) is 5.29. The highest BCUT2D eigenvalue weighted by atomic mass is 16.2. The van der Waals surface area contributed by atoms with E-state index in [9.17, 15) is 14.4 Å². The summed E-state index contributed by atoms with van der Waals surface area (Å²) in [4.78, 5) is 37.9. The Labute approximate surface area is 131 Å². The average Bonchev–Trinajstić information content (AvgIpc) is 2.48. The van der Waals surface area contributed by atoms with Gasteiger partial charge in [-0.2, -0.15) is 0 Å². The average molecular weight is 311 g/mol. The third-order valence-corrected chi connectivity index (χ3v) is 4.52. The number of amides is 4. The Morgan fingerprint density at radius 1 is 1.09 bits per heavy atom. The van der Waals surface area contributed by atoms with Crippen LogP contribution < -0.4 is 15.5 Å². The molecule has 1 aliphatic carbocycles. The lowest BCUT2D eigenvalue weighted by atomic mass is 9.96. The second-order valence-corrected chi connectivity index (χ2v) is 6.29. The summed E-state index contributed by atoms with van der Waals surface area (Å²) in [6.07, 6.45) is 5.51. The third kappa shape index (κ3) is 5.29. The van der Waals surface area contributed by atoms with Gasteiger partial charge in [-0.1, -0.05) is 19.3 Å². The van der Waals surface area contributed by atoms with Crippen LogP contribution in [0, 0.1) is 0 Å². The standard InChI is InChI=1S/C15H26N4O3/c1-12(20)19-9-7-18(8-10-19)11-14(21)17-15(22)16-13-5-3-2-4-6-13/h13H,2-11H2,1H3,(H2,16,17,21,22)/p+1. The maximum absolute atomic E-state index is 11.9. The van der Waals surface area contributed by atoms with Crippen LogP contribution in [0.5, 0.6) is 0 Å². The van der Waals surface area contributed by atoms with Crippen LogP contribution in [0.25, 0.3) is 0 Å². The Morgan fingerprint density at radius 3 is 2.32 bits per heavy atom. The maximum atomic E-state index is 11.9. The van der Waals surface area contributed by atoms with Crippen molar-refractivity contribution in [3.8, 4) is 0 Å². The number of nitrogens with one attached hydrogen (secondary N) is 3. The van der Waals surface area contributed by atoms with Crippen molar-refractivity contribution in [2.45, 2.75) is 45.1 Å². The molecule has 4 amide bonds. The van der Waals surface area contributed by atoms with Crippen LogP contribution in [0.3, 0.4) is 0 Å². The van der Waals surface area contributed by atoms with Crippen molar-refractivity contribution in [2.24, 2.45) is 0 Å². The van der Waals surface area contributed by atoms with Crippen LogP contribution in [-0.4, -0.2) is 61.5 Å². The van der Waals surface area contributed by atoms with E-state index in [0.29, 0.717) is 13.1 Å². The van der Waals surface area contributed by atoms with Gasteiger partial charge in [0.25, 0.3) is 5.91 Å². The van der Waals surface area contributed by atoms with Crippen molar-refractivity contribution in [2.75, 3.05) is 32.7 Å². The fraction of sp³-hybridized carbons (Fsp3) is 0.800. The van der Waals surface area contributed by atoms with E-state index in [0.717, 1.165) is 43.7 Å². The largest absolute Gasteiger partial charge is 0.335 e. The van der Waals surface area contributed by atoms with Gasteiger partial charge in [0.2, 0.25) is 5.91 Å². The highest BCUT2D eigenvalue weighted by Crippen LogP contribution is 2.16. The summed E-state index contributed by atoms with van der Waals surface area (Å²) < 4.78 is 0. The van der Waals surface area contributed by atoms with Gasteiger partial charge in [0.05, 0.1) is 26.2 Å². The van der Waals surface area contributed by atoms with Crippen LogP contribution in [0.15, 0.2) is 0 Å². The molecule has 2 fully saturated rings. The molecule has 124 valence electrons. The van der Waals surface area contributed by atoms with Gasteiger partial charge in [-0.25, -0.2) is 4.79 Å². The number of nitrogens with zero attached hydrogens (tertiary/aromatic N) is 1. The van der Waals surface area contributed by atoms with E-state index in [2.05, 4.69) is 10.6 Å². The predicted molar refractivity (Wildman–Crippen MR) is 81.4 cm³/mol. The van der Waals surface area contributed by atoms with Crippen LogP contribution in [0.2, 0.25) is 0 Å². The molecule has 1 saturated heterocycles. The molecule has 0 bridgehead atoms. The normalized spacial score (nSPS) is 20.5. The second-order valence-electron chi connectivity index (χ2n) is 6.29. The van der Waals surface area contributed by atoms with E-state index in [1.165, 1.54) is 6.42 Å². The smallest absolute Gasteiger partial charge is 0.321 e. The zero-order valence-electron chi connectivity index (χ0n) is 13.3. The predicted octanol–water partition coefficient (Wildman–Crippen LogP) is -1.11. The number of imide groups is 1. The van der Waals surface area contributed by atoms with E-state index in [1.54, 1.807) is 11.8 Å². The van der Waals surface area contributed by atoms with Gasteiger partial charge in [0, 0.05) is 13.0 Å². The number of urea groups is 1. The molecule has 0 spiro atoms. The zero-order valence-corrected chi connectivity index (χ0v) is 13.3. The molecule has 0 unspecified atom stereocenters. The number of hydrogen-bond acceptors (Lipinski definition) is 3.